The average molecular weight is 413 g/mol. The van der Waals surface area contributed by atoms with Crippen molar-refractivity contribution in [2.75, 3.05) is 7.11 Å². The molecule has 2 aromatic rings. The molecule has 124 valence electrons. The molecule has 0 bridgehead atoms. The molecule has 2 rings (SSSR count). The van der Waals surface area contributed by atoms with Crippen LogP contribution in [0.25, 0.3) is 6.08 Å². The number of nitro groups is 1. The van der Waals surface area contributed by atoms with Gasteiger partial charge < -0.3 is 9.84 Å². The average Bonchev–Trinajstić information content (AvgIpc) is 2.55. The van der Waals surface area contributed by atoms with E-state index < -0.39 is 10.7 Å². The number of aromatic hydroxyl groups is 1. The first-order valence-corrected chi connectivity index (χ1v) is 7.73. The summed E-state index contributed by atoms with van der Waals surface area (Å²) in [5, 5.41) is 20.6. The lowest BCUT2D eigenvalue weighted by molar-refractivity contribution is -0.384. The van der Waals surface area contributed by atoms with Gasteiger partial charge in [-0.3, -0.25) is 14.9 Å². The van der Waals surface area contributed by atoms with E-state index in [0.717, 1.165) is 6.07 Å². The first-order chi connectivity index (χ1) is 11.3. The first kappa shape index (κ1) is 18.0. The van der Waals surface area contributed by atoms with Crippen LogP contribution in [0.3, 0.4) is 0 Å². The van der Waals surface area contributed by atoms with E-state index in [0.29, 0.717) is 10.0 Å². The zero-order valence-corrected chi connectivity index (χ0v) is 14.7. The van der Waals surface area contributed by atoms with Gasteiger partial charge >= 0.3 is 0 Å². The van der Waals surface area contributed by atoms with Crippen LogP contribution in [0.4, 0.5) is 5.69 Å². The highest BCUT2D eigenvalue weighted by molar-refractivity contribution is 9.10. The van der Waals surface area contributed by atoms with Crippen LogP contribution < -0.4 is 4.74 Å². The minimum absolute atomic E-state index is 0.0345. The SMILES string of the molecule is COc1cc(C=CC(=O)c2ccc(Cl)c([N+](=O)[O-])c2)cc(Br)c1O. The number of nitro benzene ring substituents is 1. The fourth-order valence-corrected chi connectivity index (χ4v) is 2.57. The summed E-state index contributed by atoms with van der Waals surface area (Å²) in [6.07, 6.45) is 2.78. The van der Waals surface area contributed by atoms with Crippen molar-refractivity contribution in [1.29, 1.82) is 0 Å². The van der Waals surface area contributed by atoms with E-state index in [9.17, 15) is 20.0 Å². The largest absolute Gasteiger partial charge is 0.503 e. The van der Waals surface area contributed by atoms with Gasteiger partial charge in [-0.25, -0.2) is 0 Å². The molecular formula is C16H11BrClNO5. The fraction of sp³-hybridized carbons (Fsp3) is 0.0625. The second kappa shape index (κ2) is 7.46. The van der Waals surface area contributed by atoms with E-state index in [2.05, 4.69) is 15.9 Å². The number of hydrogen-bond donors (Lipinski definition) is 1. The van der Waals surface area contributed by atoms with Crippen LogP contribution >= 0.6 is 27.5 Å². The Hall–Kier alpha value is -2.38. The monoisotopic (exact) mass is 411 g/mol. The van der Waals surface area contributed by atoms with Crippen LogP contribution in [0.2, 0.25) is 5.02 Å². The molecule has 0 saturated carbocycles. The maximum atomic E-state index is 12.2. The molecule has 6 nitrogen and oxygen atoms in total. The molecular weight excluding hydrogens is 402 g/mol. The van der Waals surface area contributed by atoms with Gasteiger partial charge in [0.1, 0.15) is 5.02 Å². The number of phenolic OH excluding ortho intramolecular Hbond substituents is 1. The van der Waals surface area contributed by atoms with Crippen LogP contribution in [-0.2, 0) is 0 Å². The Morgan fingerprint density at radius 3 is 2.71 bits per heavy atom. The highest BCUT2D eigenvalue weighted by Gasteiger charge is 2.15. The summed E-state index contributed by atoms with van der Waals surface area (Å²) in [4.78, 5) is 22.4. The van der Waals surface area contributed by atoms with Gasteiger partial charge in [-0.2, -0.15) is 0 Å². The second-order valence-corrected chi connectivity index (χ2v) is 5.94. The van der Waals surface area contributed by atoms with Gasteiger partial charge in [0.05, 0.1) is 16.5 Å². The summed E-state index contributed by atoms with van der Waals surface area (Å²) in [7, 11) is 1.41. The summed E-state index contributed by atoms with van der Waals surface area (Å²) in [5.74, 6) is -0.217. The Morgan fingerprint density at radius 2 is 2.08 bits per heavy atom. The molecule has 0 aliphatic carbocycles. The summed E-state index contributed by atoms with van der Waals surface area (Å²) in [5.41, 5.74) is 0.422. The molecule has 2 aromatic carbocycles. The number of allylic oxidation sites excluding steroid dienone is 1. The van der Waals surface area contributed by atoms with Gasteiger partial charge in [0.15, 0.2) is 17.3 Å². The first-order valence-electron chi connectivity index (χ1n) is 6.56. The normalized spacial score (nSPS) is 10.8. The van der Waals surface area contributed by atoms with Gasteiger partial charge in [0.25, 0.3) is 5.69 Å². The topological polar surface area (TPSA) is 89.7 Å². The number of benzene rings is 2. The van der Waals surface area contributed by atoms with Crippen molar-refractivity contribution in [3.63, 3.8) is 0 Å². The lowest BCUT2D eigenvalue weighted by Crippen LogP contribution is -1.97. The number of rotatable bonds is 5. The van der Waals surface area contributed by atoms with Crippen molar-refractivity contribution in [2.45, 2.75) is 0 Å². The number of nitrogens with zero attached hydrogens (tertiary/aromatic N) is 1. The Bertz CT molecular complexity index is 851. The molecule has 0 spiro atoms. The Morgan fingerprint density at radius 1 is 1.38 bits per heavy atom. The van der Waals surface area contributed by atoms with E-state index in [1.54, 1.807) is 12.1 Å². The fourth-order valence-electron chi connectivity index (χ4n) is 1.92. The number of carbonyl (C=O) groups excluding carboxylic acids is 1. The van der Waals surface area contributed by atoms with Crippen molar-refractivity contribution in [3.8, 4) is 11.5 Å². The van der Waals surface area contributed by atoms with Gasteiger partial charge in [0, 0.05) is 11.6 Å². The summed E-state index contributed by atoms with van der Waals surface area (Å²) in [6, 6.07) is 7.00. The molecule has 0 radical (unpaired) electrons. The zero-order valence-electron chi connectivity index (χ0n) is 12.3. The molecule has 0 aliphatic heterocycles. The molecule has 0 aliphatic rings. The Labute approximate surface area is 150 Å². The number of halogens is 2. The number of ether oxygens (including phenoxy) is 1. The Kier molecular flexibility index (Phi) is 5.58. The summed E-state index contributed by atoms with van der Waals surface area (Å²) in [6.45, 7) is 0. The van der Waals surface area contributed by atoms with Gasteiger partial charge in [-0.1, -0.05) is 17.7 Å². The third-order valence-corrected chi connectivity index (χ3v) is 4.05. The number of ketones is 1. The predicted octanol–water partition coefficient (Wildman–Crippen LogP) is 4.62. The lowest BCUT2D eigenvalue weighted by atomic mass is 10.1. The maximum Gasteiger partial charge on any atom is 0.288 e. The molecule has 0 amide bonds. The molecule has 1 N–H and O–H groups in total. The zero-order chi connectivity index (χ0) is 17.9. The van der Waals surface area contributed by atoms with Crippen molar-refractivity contribution in [3.05, 3.63) is 67.1 Å². The highest BCUT2D eigenvalue weighted by atomic mass is 79.9. The minimum Gasteiger partial charge on any atom is -0.503 e. The van der Waals surface area contributed by atoms with Crippen LogP contribution in [0.1, 0.15) is 15.9 Å². The molecule has 0 atom stereocenters. The minimum atomic E-state index is -0.648. The predicted molar refractivity (Wildman–Crippen MR) is 93.8 cm³/mol. The molecule has 24 heavy (non-hydrogen) atoms. The molecule has 0 fully saturated rings. The molecule has 8 heteroatoms. The highest BCUT2D eigenvalue weighted by Crippen LogP contribution is 2.35. The quantitative estimate of drug-likeness (QED) is 0.335. The Balaban J connectivity index is 2.30. The number of carbonyl (C=O) groups is 1. The van der Waals surface area contributed by atoms with Crippen molar-refractivity contribution in [1.82, 2.24) is 0 Å². The van der Waals surface area contributed by atoms with E-state index in [1.165, 1.54) is 31.4 Å². The van der Waals surface area contributed by atoms with Gasteiger partial charge in [-0.15, -0.1) is 0 Å². The molecule has 0 heterocycles. The maximum absolute atomic E-state index is 12.2. The summed E-state index contributed by atoms with van der Waals surface area (Å²) < 4.78 is 5.44. The standard InChI is InChI=1S/C16H11BrClNO5/c1-24-15-7-9(6-11(17)16(15)21)2-5-14(20)10-3-4-12(18)13(8-10)19(22)23/h2-8,21H,1H3. The van der Waals surface area contributed by atoms with Crippen molar-refractivity contribution in [2.24, 2.45) is 0 Å². The van der Waals surface area contributed by atoms with Gasteiger partial charge in [-0.05, 0) is 51.8 Å². The van der Waals surface area contributed by atoms with E-state index in [1.807, 2.05) is 0 Å². The van der Waals surface area contributed by atoms with Crippen LogP contribution in [0.5, 0.6) is 11.5 Å². The van der Waals surface area contributed by atoms with Crippen molar-refractivity contribution >= 4 is 45.1 Å². The van der Waals surface area contributed by atoms with E-state index in [4.69, 9.17) is 16.3 Å². The third kappa shape index (κ3) is 3.93. The molecule has 0 unspecified atom stereocenters. The lowest BCUT2D eigenvalue weighted by Gasteiger charge is -2.06. The summed E-state index contributed by atoms with van der Waals surface area (Å²) >= 11 is 8.91. The number of phenols is 1. The van der Waals surface area contributed by atoms with E-state index in [-0.39, 0.29) is 27.8 Å². The second-order valence-electron chi connectivity index (χ2n) is 4.67. The number of methoxy groups -OCH3 is 1. The van der Waals surface area contributed by atoms with Gasteiger partial charge in [0.2, 0.25) is 0 Å². The molecule has 0 saturated heterocycles. The van der Waals surface area contributed by atoms with E-state index >= 15 is 0 Å². The molecule has 0 aromatic heterocycles. The van der Waals surface area contributed by atoms with Crippen LogP contribution in [-0.4, -0.2) is 22.9 Å². The van der Waals surface area contributed by atoms with Crippen LogP contribution in [0, 0.1) is 10.1 Å². The van der Waals surface area contributed by atoms with Crippen LogP contribution in [0.15, 0.2) is 40.9 Å². The smallest absolute Gasteiger partial charge is 0.288 e. The van der Waals surface area contributed by atoms with Crippen molar-refractivity contribution < 1.29 is 19.6 Å². The number of hydrogen-bond acceptors (Lipinski definition) is 5. The third-order valence-electron chi connectivity index (χ3n) is 3.13.